The highest BCUT2D eigenvalue weighted by molar-refractivity contribution is 5.81. The van der Waals surface area contributed by atoms with Gasteiger partial charge >= 0.3 is 0 Å². The SMILES string of the molecule is Cc1nn(Cc2cccc(F)c2)c(=O)c2noc(C)c12. The van der Waals surface area contributed by atoms with Gasteiger partial charge < -0.3 is 4.52 Å². The molecule has 0 atom stereocenters. The van der Waals surface area contributed by atoms with Crippen LogP contribution in [0.25, 0.3) is 10.9 Å². The van der Waals surface area contributed by atoms with Crippen molar-refractivity contribution in [1.82, 2.24) is 14.9 Å². The fourth-order valence-corrected chi connectivity index (χ4v) is 2.26. The minimum absolute atomic E-state index is 0.194. The second-order valence-corrected chi connectivity index (χ2v) is 4.64. The Labute approximate surface area is 113 Å². The van der Waals surface area contributed by atoms with Crippen molar-refractivity contribution in [3.63, 3.8) is 0 Å². The van der Waals surface area contributed by atoms with Crippen molar-refractivity contribution < 1.29 is 8.91 Å². The van der Waals surface area contributed by atoms with Gasteiger partial charge in [-0.1, -0.05) is 17.3 Å². The summed E-state index contributed by atoms with van der Waals surface area (Å²) in [5.74, 6) is 0.227. The molecule has 0 aliphatic heterocycles. The first kappa shape index (κ1) is 12.5. The zero-order valence-electron chi connectivity index (χ0n) is 11.1. The number of fused-ring (bicyclic) bond motifs is 1. The van der Waals surface area contributed by atoms with Gasteiger partial charge in [0.1, 0.15) is 11.6 Å². The number of benzene rings is 1. The molecule has 0 aliphatic rings. The van der Waals surface area contributed by atoms with Gasteiger partial charge in [-0.2, -0.15) is 5.10 Å². The Morgan fingerprint density at radius 3 is 2.90 bits per heavy atom. The van der Waals surface area contributed by atoms with E-state index < -0.39 is 0 Å². The topological polar surface area (TPSA) is 60.9 Å². The highest BCUT2D eigenvalue weighted by Crippen LogP contribution is 2.16. The molecule has 3 aromatic rings. The molecule has 0 saturated carbocycles. The second-order valence-electron chi connectivity index (χ2n) is 4.64. The summed E-state index contributed by atoms with van der Waals surface area (Å²) >= 11 is 0. The third-order valence-corrected chi connectivity index (χ3v) is 3.15. The van der Waals surface area contributed by atoms with E-state index >= 15 is 0 Å². The smallest absolute Gasteiger partial charge is 0.297 e. The largest absolute Gasteiger partial charge is 0.360 e. The van der Waals surface area contributed by atoms with E-state index in [0.717, 1.165) is 0 Å². The molecule has 0 saturated heterocycles. The summed E-state index contributed by atoms with van der Waals surface area (Å²) in [6.07, 6.45) is 0. The van der Waals surface area contributed by atoms with Gasteiger partial charge in [-0.15, -0.1) is 0 Å². The number of hydrogen-bond donors (Lipinski definition) is 0. The lowest BCUT2D eigenvalue weighted by Gasteiger charge is -2.06. The molecule has 102 valence electrons. The maximum atomic E-state index is 13.2. The van der Waals surface area contributed by atoms with Crippen LogP contribution in [0.4, 0.5) is 4.39 Å². The third-order valence-electron chi connectivity index (χ3n) is 3.15. The van der Waals surface area contributed by atoms with E-state index in [1.54, 1.807) is 26.0 Å². The average molecular weight is 273 g/mol. The lowest BCUT2D eigenvalue weighted by Crippen LogP contribution is -2.24. The van der Waals surface area contributed by atoms with Crippen molar-refractivity contribution in [2.24, 2.45) is 0 Å². The van der Waals surface area contributed by atoms with Gasteiger partial charge in [-0.05, 0) is 31.5 Å². The Bertz CT molecular complexity index is 851. The summed E-state index contributed by atoms with van der Waals surface area (Å²) in [5, 5.41) is 8.66. The van der Waals surface area contributed by atoms with Crippen molar-refractivity contribution in [3.8, 4) is 0 Å². The fourth-order valence-electron chi connectivity index (χ4n) is 2.26. The van der Waals surface area contributed by atoms with Crippen LogP contribution in [-0.2, 0) is 6.54 Å². The molecule has 0 unspecified atom stereocenters. The molecule has 2 heterocycles. The van der Waals surface area contributed by atoms with E-state index in [1.807, 2.05) is 0 Å². The maximum Gasteiger partial charge on any atom is 0.297 e. The summed E-state index contributed by atoms with van der Waals surface area (Å²) < 4.78 is 19.5. The van der Waals surface area contributed by atoms with E-state index in [4.69, 9.17) is 4.52 Å². The highest BCUT2D eigenvalue weighted by atomic mass is 19.1. The normalized spacial score (nSPS) is 11.2. The maximum absolute atomic E-state index is 13.2. The van der Waals surface area contributed by atoms with E-state index in [1.165, 1.54) is 16.8 Å². The van der Waals surface area contributed by atoms with Crippen LogP contribution < -0.4 is 5.56 Å². The molecule has 0 amide bonds. The van der Waals surface area contributed by atoms with Crippen LogP contribution in [0.5, 0.6) is 0 Å². The molecule has 0 radical (unpaired) electrons. The molecule has 0 aliphatic carbocycles. The first-order valence-electron chi connectivity index (χ1n) is 6.14. The van der Waals surface area contributed by atoms with E-state index in [9.17, 15) is 9.18 Å². The van der Waals surface area contributed by atoms with Gasteiger partial charge in [0, 0.05) is 0 Å². The Hall–Kier alpha value is -2.50. The number of halogens is 1. The van der Waals surface area contributed by atoms with Crippen molar-refractivity contribution in [1.29, 1.82) is 0 Å². The number of aryl methyl sites for hydroxylation is 2. The minimum Gasteiger partial charge on any atom is -0.360 e. The van der Waals surface area contributed by atoms with Crippen LogP contribution >= 0.6 is 0 Å². The van der Waals surface area contributed by atoms with Crippen LogP contribution in [0.2, 0.25) is 0 Å². The quantitative estimate of drug-likeness (QED) is 0.718. The molecule has 2 aromatic heterocycles. The molecule has 0 fully saturated rings. The van der Waals surface area contributed by atoms with E-state index in [0.29, 0.717) is 22.4 Å². The van der Waals surface area contributed by atoms with Crippen LogP contribution in [0, 0.1) is 19.7 Å². The zero-order valence-corrected chi connectivity index (χ0v) is 11.1. The molecule has 0 N–H and O–H groups in total. The number of nitrogens with zero attached hydrogens (tertiary/aromatic N) is 3. The van der Waals surface area contributed by atoms with Gasteiger partial charge in [0.2, 0.25) is 0 Å². The highest BCUT2D eigenvalue weighted by Gasteiger charge is 2.15. The lowest BCUT2D eigenvalue weighted by atomic mass is 10.2. The first-order chi connectivity index (χ1) is 9.56. The molecule has 0 spiro atoms. The van der Waals surface area contributed by atoms with Gasteiger partial charge in [0.25, 0.3) is 5.56 Å². The second kappa shape index (κ2) is 4.56. The average Bonchev–Trinajstić information content (AvgIpc) is 2.78. The van der Waals surface area contributed by atoms with Crippen molar-refractivity contribution in [2.45, 2.75) is 20.4 Å². The zero-order chi connectivity index (χ0) is 14.3. The third kappa shape index (κ3) is 1.99. The summed E-state index contributed by atoms with van der Waals surface area (Å²) in [7, 11) is 0. The summed E-state index contributed by atoms with van der Waals surface area (Å²) in [6, 6.07) is 6.07. The van der Waals surface area contributed by atoms with Crippen molar-refractivity contribution in [2.75, 3.05) is 0 Å². The fraction of sp³-hybridized carbons (Fsp3) is 0.214. The van der Waals surface area contributed by atoms with E-state index in [2.05, 4.69) is 10.3 Å². The van der Waals surface area contributed by atoms with Crippen LogP contribution in [0.15, 0.2) is 33.6 Å². The predicted molar refractivity (Wildman–Crippen MR) is 71.0 cm³/mol. The summed E-state index contributed by atoms with van der Waals surface area (Å²) in [4.78, 5) is 12.3. The molecular formula is C14H12FN3O2. The van der Waals surface area contributed by atoms with Gasteiger partial charge in [-0.3, -0.25) is 4.79 Å². The number of hydrogen-bond acceptors (Lipinski definition) is 4. The first-order valence-corrected chi connectivity index (χ1v) is 6.14. The molecule has 6 heteroatoms. The minimum atomic E-state index is -0.342. The molecule has 5 nitrogen and oxygen atoms in total. The molecule has 1 aromatic carbocycles. The number of rotatable bonds is 2. The molecular weight excluding hydrogens is 261 g/mol. The molecule has 0 bridgehead atoms. The van der Waals surface area contributed by atoms with Gasteiger partial charge in [-0.25, -0.2) is 9.07 Å². The van der Waals surface area contributed by atoms with Gasteiger partial charge in [0.15, 0.2) is 5.52 Å². The molecule has 20 heavy (non-hydrogen) atoms. The van der Waals surface area contributed by atoms with E-state index in [-0.39, 0.29) is 23.4 Å². The summed E-state index contributed by atoms with van der Waals surface area (Å²) in [6.45, 7) is 3.72. The predicted octanol–water partition coefficient (Wildman–Crippen LogP) is 2.19. The van der Waals surface area contributed by atoms with Crippen LogP contribution in [0.3, 0.4) is 0 Å². The van der Waals surface area contributed by atoms with Crippen molar-refractivity contribution >= 4 is 10.9 Å². The van der Waals surface area contributed by atoms with Gasteiger partial charge in [0.05, 0.1) is 17.6 Å². The Morgan fingerprint density at radius 2 is 2.15 bits per heavy atom. The standard InChI is InChI=1S/C14H12FN3O2/c1-8-12-9(2)20-17-13(12)14(19)18(16-8)7-10-4-3-5-11(15)6-10/h3-6H,7H2,1-2H3. The summed E-state index contributed by atoms with van der Waals surface area (Å²) in [5.41, 5.74) is 1.24. The molecule has 3 rings (SSSR count). The van der Waals surface area contributed by atoms with Crippen LogP contribution in [-0.4, -0.2) is 14.9 Å². The Kier molecular flexibility index (Phi) is 2.85. The van der Waals surface area contributed by atoms with Crippen molar-refractivity contribution in [3.05, 3.63) is 57.5 Å². The Morgan fingerprint density at radius 1 is 1.35 bits per heavy atom. The monoisotopic (exact) mass is 273 g/mol. The number of aromatic nitrogens is 3. The lowest BCUT2D eigenvalue weighted by molar-refractivity contribution is 0.405. The van der Waals surface area contributed by atoms with Crippen LogP contribution in [0.1, 0.15) is 17.0 Å². The Balaban J connectivity index is 2.13.